The fraction of sp³-hybridized carbons (Fsp3) is 0.318. The molecule has 0 aliphatic carbocycles. The Bertz CT molecular complexity index is 1260. The van der Waals surface area contributed by atoms with Gasteiger partial charge in [-0.2, -0.15) is 0 Å². The third-order valence-corrected chi connectivity index (χ3v) is 8.24. The second kappa shape index (κ2) is 7.52. The summed E-state index contributed by atoms with van der Waals surface area (Å²) in [6.45, 7) is 2.61. The molecule has 1 fully saturated rings. The van der Waals surface area contributed by atoms with E-state index in [4.69, 9.17) is 32.7 Å². The highest BCUT2D eigenvalue weighted by molar-refractivity contribution is 7.91. The van der Waals surface area contributed by atoms with Gasteiger partial charge in [-0.25, -0.2) is 8.42 Å². The molecule has 3 heterocycles. The van der Waals surface area contributed by atoms with E-state index < -0.39 is 9.84 Å². The first-order valence-electron chi connectivity index (χ1n) is 9.85. The SMILES string of the molecule is Cc1cc2c(c3c1C(=O)/C(=C/c1ccc(Cl)cc1Cl)O3)CN(C1CCS(=O)(=O)C1)CO2. The number of Topliss-reactive ketones (excluding diaryl/α,β-unsaturated/α-hetero) is 1. The van der Waals surface area contributed by atoms with Crippen molar-refractivity contribution in [1.29, 1.82) is 0 Å². The Morgan fingerprint density at radius 3 is 2.74 bits per heavy atom. The number of ketones is 1. The average molecular weight is 480 g/mol. The number of carbonyl (C=O) groups excluding carboxylic acids is 1. The molecule has 5 rings (SSSR count). The number of halogens is 2. The van der Waals surface area contributed by atoms with E-state index in [1.54, 1.807) is 24.3 Å². The van der Waals surface area contributed by atoms with Crippen LogP contribution in [-0.2, 0) is 16.4 Å². The molecule has 1 unspecified atom stereocenters. The number of allylic oxidation sites excluding steroid dienone is 1. The number of ether oxygens (including phenoxy) is 2. The van der Waals surface area contributed by atoms with Crippen LogP contribution in [0.4, 0.5) is 0 Å². The maximum atomic E-state index is 13.1. The highest BCUT2D eigenvalue weighted by Crippen LogP contribution is 2.44. The molecule has 0 N–H and O–H groups in total. The Morgan fingerprint density at radius 1 is 1.23 bits per heavy atom. The molecule has 0 spiro atoms. The Kier molecular flexibility index (Phi) is 5.05. The van der Waals surface area contributed by atoms with Crippen molar-refractivity contribution in [1.82, 2.24) is 4.90 Å². The lowest BCUT2D eigenvalue weighted by atomic mass is 9.98. The molecule has 3 aliphatic heterocycles. The number of hydrogen-bond donors (Lipinski definition) is 0. The van der Waals surface area contributed by atoms with E-state index in [1.807, 2.05) is 17.9 Å². The molecule has 2 aromatic rings. The van der Waals surface area contributed by atoms with E-state index in [0.717, 1.165) is 11.1 Å². The van der Waals surface area contributed by atoms with Crippen molar-refractivity contribution in [3.05, 3.63) is 62.3 Å². The standard InChI is InChI=1S/C22H19Cl2NO5S/c1-12-6-18-16(9-25(11-29-18)15-4-5-31(27,28)10-15)22-20(12)21(26)19(30-22)7-13-2-3-14(23)8-17(13)24/h2-3,6-8,15H,4-5,9-11H2,1H3/b19-7-. The first-order chi connectivity index (χ1) is 14.7. The molecule has 0 saturated carbocycles. The van der Waals surface area contributed by atoms with Crippen LogP contribution in [0.2, 0.25) is 10.0 Å². The van der Waals surface area contributed by atoms with E-state index >= 15 is 0 Å². The van der Waals surface area contributed by atoms with Crippen LogP contribution in [0.15, 0.2) is 30.0 Å². The molecule has 2 aromatic carbocycles. The van der Waals surface area contributed by atoms with Crippen molar-refractivity contribution >= 4 is 44.9 Å². The van der Waals surface area contributed by atoms with Crippen LogP contribution in [0.5, 0.6) is 11.5 Å². The van der Waals surface area contributed by atoms with Crippen LogP contribution in [0.25, 0.3) is 6.08 Å². The van der Waals surface area contributed by atoms with E-state index in [0.29, 0.717) is 52.4 Å². The van der Waals surface area contributed by atoms with Crippen LogP contribution in [-0.4, -0.2) is 43.4 Å². The molecular weight excluding hydrogens is 461 g/mol. The topological polar surface area (TPSA) is 72.9 Å². The lowest BCUT2D eigenvalue weighted by Gasteiger charge is -2.33. The minimum atomic E-state index is -3.01. The number of sulfone groups is 1. The maximum Gasteiger partial charge on any atom is 0.232 e. The van der Waals surface area contributed by atoms with Gasteiger partial charge in [0.05, 0.1) is 22.6 Å². The first-order valence-corrected chi connectivity index (χ1v) is 12.4. The third-order valence-electron chi connectivity index (χ3n) is 5.92. The van der Waals surface area contributed by atoms with Crippen molar-refractivity contribution in [2.24, 2.45) is 0 Å². The molecule has 0 radical (unpaired) electrons. The van der Waals surface area contributed by atoms with Crippen LogP contribution in [0.3, 0.4) is 0 Å². The Labute approximate surface area is 190 Å². The van der Waals surface area contributed by atoms with Crippen molar-refractivity contribution in [2.75, 3.05) is 18.2 Å². The average Bonchev–Trinajstić information content (AvgIpc) is 3.24. The summed E-state index contributed by atoms with van der Waals surface area (Å²) in [7, 11) is -3.01. The van der Waals surface area contributed by atoms with Crippen molar-refractivity contribution in [2.45, 2.75) is 25.9 Å². The summed E-state index contributed by atoms with van der Waals surface area (Å²) in [5.41, 5.74) is 2.65. The number of fused-ring (bicyclic) bond motifs is 3. The molecule has 1 atom stereocenters. The van der Waals surface area contributed by atoms with Gasteiger partial charge in [0.1, 0.15) is 18.2 Å². The highest BCUT2D eigenvalue weighted by atomic mass is 35.5. The van der Waals surface area contributed by atoms with E-state index in [1.165, 1.54) is 0 Å². The maximum absolute atomic E-state index is 13.1. The van der Waals surface area contributed by atoms with Gasteiger partial charge in [0, 0.05) is 22.6 Å². The second-order valence-electron chi connectivity index (χ2n) is 8.06. The van der Waals surface area contributed by atoms with Gasteiger partial charge in [-0.3, -0.25) is 9.69 Å². The smallest absolute Gasteiger partial charge is 0.232 e. The summed E-state index contributed by atoms with van der Waals surface area (Å²) >= 11 is 12.2. The van der Waals surface area contributed by atoms with Crippen molar-refractivity contribution in [3.8, 4) is 11.5 Å². The fourth-order valence-electron chi connectivity index (χ4n) is 4.30. The van der Waals surface area contributed by atoms with Gasteiger partial charge in [-0.05, 0) is 48.7 Å². The Morgan fingerprint density at radius 2 is 2.03 bits per heavy atom. The van der Waals surface area contributed by atoms with Gasteiger partial charge in [0.15, 0.2) is 15.6 Å². The van der Waals surface area contributed by atoms with Gasteiger partial charge in [0.2, 0.25) is 5.78 Å². The van der Waals surface area contributed by atoms with E-state index in [-0.39, 0.29) is 29.1 Å². The monoisotopic (exact) mass is 479 g/mol. The van der Waals surface area contributed by atoms with Crippen LogP contribution in [0, 0.1) is 6.92 Å². The summed E-state index contributed by atoms with van der Waals surface area (Å²) < 4.78 is 35.8. The quantitative estimate of drug-likeness (QED) is 0.599. The van der Waals surface area contributed by atoms with Crippen molar-refractivity contribution < 1.29 is 22.7 Å². The summed E-state index contributed by atoms with van der Waals surface area (Å²) in [6, 6.07) is 6.77. The predicted octanol–water partition coefficient (Wildman–Crippen LogP) is 4.26. The molecule has 1 saturated heterocycles. The Hall–Kier alpha value is -2.06. The molecule has 0 bridgehead atoms. The van der Waals surface area contributed by atoms with Crippen LogP contribution < -0.4 is 9.47 Å². The lowest BCUT2D eigenvalue weighted by Crippen LogP contribution is -2.41. The van der Waals surface area contributed by atoms with Gasteiger partial charge in [0.25, 0.3) is 0 Å². The van der Waals surface area contributed by atoms with E-state index in [2.05, 4.69) is 0 Å². The zero-order valence-corrected chi connectivity index (χ0v) is 19.0. The molecule has 3 aliphatic rings. The number of nitrogens with zero attached hydrogens (tertiary/aromatic N) is 1. The van der Waals surface area contributed by atoms with Gasteiger partial charge in [-0.1, -0.05) is 29.3 Å². The normalized spacial score (nSPS) is 23.4. The third kappa shape index (κ3) is 3.74. The molecule has 31 heavy (non-hydrogen) atoms. The minimum absolute atomic E-state index is 0.102. The zero-order chi connectivity index (χ0) is 21.9. The summed E-state index contributed by atoms with van der Waals surface area (Å²) in [4.78, 5) is 15.1. The largest absolute Gasteiger partial charge is 0.478 e. The van der Waals surface area contributed by atoms with Gasteiger partial charge >= 0.3 is 0 Å². The number of carbonyl (C=O) groups is 1. The number of aryl methyl sites for hydroxylation is 1. The lowest BCUT2D eigenvalue weighted by molar-refractivity contribution is 0.0633. The second-order valence-corrected chi connectivity index (χ2v) is 11.1. The molecule has 6 nitrogen and oxygen atoms in total. The van der Waals surface area contributed by atoms with Crippen molar-refractivity contribution in [3.63, 3.8) is 0 Å². The summed E-state index contributed by atoms with van der Waals surface area (Å²) in [5.74, 6) is 1.41. The molecular formula is C22H19Cl2NO5S. The predicted molar refractivity (Wildman–Crippen MR) is 119 cm³/mol. The molecule has 162 valence electrons. The van der Waals surface area contributed by atoms with Gasteiger partial charge < -0.3 is 9.47 Å². The number of hydrogen-bond acceptors (Lipinski definition) is 6. The summed E-state index contributed by atoms with van der Waals surface area (Å²) in [6.07, 6.45) is 2.19. The Balaban J connectivity index is 1.50. The molecule has 0 aromatic heterocycles. The minimum Gasteiger partial charge on any atom is -0.478 e. The van der Waals surface area contributed by atoms with Crippen LogP contribution in [0.1, 0.15) is 33.5 Å². The zero-order valence-electron chi connectivity index (χ0n) is 16.7. The highest BCUT2D eigenvalue weighted by Gasteiger charge is 2.39. The number of benzene rings is 2. The summed E-state index contributed by atoms with van der Waals surface area (Å²) in [5, 5.41) is 0.924. The van der Waals surface area contributed by atoms with Gasteiger partial charge in [-0.15, -0.1) is 0 Å². The van der Waals surface area contributed by atoms with E-state index in [9.17, 15) is 13.2 Å². The molecule has 0 amide bonds. The van der Waals surface area contributed by atoms with Crippen LogP contribution >= 0.6 is 23.2 Å². The molecule has 9 heteroatoms. The number of rotatable bonds is 2. The fourth-order valence-corrected chi connectivity index (χ4v) is 6.53. The first kappa shape index (κ1) is 20.8.